The van der Waals surface area contributed by atoms with Gasteiger partial charge >= 0.3 is 5.97 Å². The molecular formula is C24H44N2O9S. The average Bonchev–Trinajstić information content (AvgIpc) is 2.80. The Morgan fingerprint density at radius 1 is 0.722 bits per heavy atom. The summed E-state index contributed by atoms with van der Waals surface area (Å²) >= 11 is 1.29. The first-order valence-electron chi connectivity index (χ1n) is 12.4. The SMILES string of the molecule is CC(C)SC(CC(=O)O)C(=O)NCCC(=O)NCCOCCOCCOCCOCCC(=O)C(C)C. The molecule has 0 aliphatic carbocycles. The van der Waals surface area contributed by atoms with Crippen molar-refractivity contribution in [3.05, 3.63) is 0 Å². The van der Waals surface area contributed by atoms with Crippen molar-refractivity contribution in [3.8, 4) is 0 Å². The van der Waals surface area contributed by atoms with Crippen LogP contribution in [0.15, 0.2) is 0 Å². The number of aliphatic carboxylic acids is 1. The second-order valence-corrected chi connectivity index (χ2v) is 10.3. The summed E-state index contributed by atoms with van der Waals surface area (Å²) < 4.78 is 21.5. The molecule has 0 aromatic rings. The van der Waals surface area contributed by atoms with Gasteiger partial charge in [0.25, 0.3) is 0 Å². The predicted octanol–water partition coefficient (Wildman–Crippen LogP) is 1.28. The molecular weight excluding hydrogens is 492 g/mol. The molecule has 210 valence electrons. The maximum absolute atomic E-state index is 12.1. The molecule has 0 aliphatic rings. The molecule has 0 fully saturated rings. The summed E-state index contributed by atoms with van der Waals surface area (Å²) in [6.07, 6.45) is 0.270. The van der Waals surface area contributed by atoms with E-state index < -0.39 is 11.2 Å². The molecule has 0 spiro atoms. The van der Waals surface area contributed by atoms with Crippen LogP contribution in [0.1, 0.15) is 47.0 Å². The van der Waals surface area contributed by atoms with E-state index in [1.54, 1.807) is 0 Å². The zero-order valence-electron chi connectivity index (χ0n) is 22.0. The van der Waals surface area contributed by atoms with Gasteiger partial charge in [0.15, 0.2) is 0 Å². The number of ether oxygens (including phenoxy) is 4. The predicted molar refractivity (Wildman–Crippen MR) is 137 cm³/mol. The Labute approximate surface area is 218 Å². The number of carbonyl (C=O) groups is 4. The van der Waals surface area contributed by atoms with Gasteiger partial charge in [-0.1, -0.05) is 27.7 Å². The van der Waals surface area contributed by atoms with Gasteiger partial charge < -0.3 is 34.7 Å². The molecule has 0 aromatic heterocycles. The van der Waals surface area contributed by atoms with Crippen molar-refractivity contribution in [1.29, 1.82) is 0 Å². The van der Waals surface area contributed by atoms with Crippen LogP contribution < -0.4 is 10.6 Å². The quantitative estimate of drug-likeness (QED) is 0.154. The summed E-state index contributed by atoms with van der Waals surface area (Å²) in [6, 6.07) is 0. The van der Waals surface area contributed by atoms with E-state index in [9.17, 15) is 19.2 Å². The number of hydrogen-bond acceptors (Lipinski definition) is 9. The standard InChI is InChI=1S/C24H44N2O9S/c1-18(2)20(27)6-9-32-11-13-34-15-16-35-14-12-33-10-8-25-22(28)5-7-26-24(31)21(17-23(29)30)36-19(3)4/h18-19,21H,5-17H2,1-4H3,(H,25,28)(H,26,31)(H,29,30). The Hall–Kier alpha value is -1.73. The van der Waals surface area contributed by atoms with Crippen molar-refractivity contribution < 1.29 is 43.2 Å². The normalized spacial score (nSPS) is 12.1. The molecule has 1 unspecified atom stereocenters. The van der Waals surface area contributed by atoms with Crippen molar-refractivity contribution >= 4 is 35.3 Å². The molecule has 0 saturated heterocycles. The number of carboxylic acid groups (broad SMARTS) is 1. The van der Waals surface area contributed by atoms with Crippen molar-refractivity contribution in [2.45, 2.75) is 57.5 Å². The Bertz CT molecular complexity index is 633. The van der Waals surface area contributed by atoms with Crippen LogP contribution >= 0.6 is 11.8 Å². The van der Waals surface area contributed by atoms with Gasteiger partial charge in [0.1, 0.15) is 5.78 Å². The minimum atomic E-state index is -1.03. The van der Waals surface area contributed by atoms with Gasteiger partial charge in [-0.2, -0.15) is 0 Å². The molecule has 11 nitrogen and oxygen atoms in total. The lowest BCUT2D eigenvalue weighted by atomic mass is 10.1. The van der Waals surface area contributed by atoms with Crippen LogP contribution in [0.3, 0.4) is 0 Å². The fourth-order valence-corrected chi connectivity index (χ4v) is 3.78. The third-order valence-corrected chi connectivity index (χ3v) is 5.82. The third-order valence-electron chi connectivity index (χ3n) is 4.56. The van der Waals surface area contributed by atoms with Gasteiger partial charge in [-0.05, 0) is 5.25 Å². The first-order chi connectivity index (χ1) is 17.1. The zero-order valence-corrected chi connectivity index (χ0v) is 22.9. The largest absolute Gasteiger partial charge is 0.481 e. The van der Waals surface area contributed by atoms with Crippen molar-refractivity contribution in [1.82, 2.24) is 10.6 Å². The first kappa shape index (κ1) is 34.3. The molecule has 36 heavy (non-hydrogen) atoms. The van der Waals surface area contributed by atoms with Gasteiger partial charge in [0.2, 0.25) is 11.8 Å². The van der Waals surface area contributed by atoms with Crippen LogP contribution in [0.2, 0.25) is 0 Å². The smallest absolute Gasteiger partial charge is 0.305 e. The minimum absolute atomic E-state index is 0.0387. The lowest BCUT2D eigenvalue weighted by molar-refractivity contribution is -0.138. The zero-order chi connectivity index (χ0) is 27.2. The fourth-order valence-electron chi connectivity index (χ4n) is 2.68. The molecule has 0 bridgehead atoms. The van der Waals surface area contributed by atoms with Gasteiger partial charge in [-0.15, -0.1) is 11.8 Å². The molecule has 0 heterocycles. The highest BCUT2D eigenvalue weighted by molar-refractivity contribution is 8.01. The van der Waals surface area contributed by atoms with Gasteiger partial charge in [-0.25, -0.2) is 0 Å². The van der Waals surface area contributed by atoms with Gasteiger partial charge in [0, 0.05) is 31.8 Å². The summed E-state index contributed by atoms with van der Waals surface area (Å²) in [4.78, 5) is 46.4. The summed E-state index contributed by atoms with van der Waals surface area (Å²) in [5.74, 6) is -1.40. The highest BCUT2D eigenvalue weighted by Crippen LogP contribution is 2.20. The van der Waals surface area contributed by atoms with Crippen LogP contribution in [-0.4, -0.2) is 105 Å². The van der Waals surface area contributed by atoms with Crippen LogP contribution in [-0.2, 0) is 38.1 Å². The van der Waals surface area contributed by atoms with Crippen LogP contribution in [0.4, 0.5) is 0 Å². The number of thioether (sulfide) groups is 1. The highest BCUT2D eigenvalue weighted by atomic mass is 32.2. The van der Waals surface area contributed by atoms with E-state index in [0.29, 0.717) is 65.8 Å². The Kier molecular flexibility index (Phi) is 21.4. The van der Waals surface area contributed by atoms with E-state index in [1.807, 2.05) is 27.7 Å². The summed E-state index contributed by atoms with van der Waals surface area (Å²) in [5.41, 5.74) is 0. The molecule has 0 radical (unpaired) electrons. The lowest BCUT2D eigenvalue weighted by Crippen LogP contribution is -2.37. The second-order valence-electron chi connectivity index (χ2n) is 8.48. The number of Topliss-reactive ketones (excluding diaryl/α,β-unsaturated/α-hetero) is 1. The van der Waals surface area contributed by atoms with Crippen molar-refractivity contribution in [2.24, 2.45) is 5.92 Å². The van der Waals surface area contributed by atoms with E-state index in [0.717, 1.165) is 0 Å². The average molecular weight is 537 g/mol. The summed E-state index contributed by atoms with van der Waals surface area (Å²) in [6.45, 7) is 11.3. The monoisotopic (exact) mass is 536 g/mol. The van der Waals surface area contributed by atoms with E-state index in [2.05, 4.69) is 10.6 Å². The number of ketones is 1. The maximum atomic E-state index is 12.1. The molecule has 0 aliphatic heterocycles. The number of amides is 2. The molecule has 1 atom stereocenters. The number of rotatable bonds is 24. The van der Waals surface area contributed by atoms with E-state index in [4.69, 9.17) is 24.1 Å². The highest BCUT2D eigenvalue weighted by Gasteiger charge is 2.23. The molecule has 12 heteroatoms. The maximum Gasteiger partial charge on any atom is 0.305 e. The van der Waals surface area contributed by atoms with Gasteiger partial charge in [-0.3, -0.25) is 19.2 Å². The Balaban J connectivity index is 3.54. The molecule has 0 saturated carbocycles. The molecule has 2 amide bonds. The van der Waals surface area contributed by atoms with Crippen LogP contribution in [0.5, 0.6) is 0 Å². The second kappa shape index (κ2) is 22.5. The molecule has 0 aromatic carbocycles. The Morgan fingerprint density at radius 2 is 1.25 bits per heavy atom. The number of carbonyl (C=O) groups excluding carboxylic acids is 3. The number of carboxylic acids is 1. The van der Waals surface area contributed by atoms with Crippen LogP contribution in [0.25, 0.3) is 0 Å². The van der Waals surface area contributed by atoms with Crippen molar-refractivity contribution in [2.75, 3.05) is 65.9 Å². The lowest BCUT2D eigenvalue weighted by Gasteiger charge is -2.16. The van der Waals surface area contributed by atoms with E-state index >= 15 is 0 Å². The Morgan fingerprint density at radius 3 is 1.75 bits per heavy atom. The molecule has 3 N–H and O–H groups in total. The van der Waals surface area contributed by atoms with Crippen LogP contribution in [0, 0.1) is 5.92 Å². The topological polar surface area (TPSA) is 149 Å². The van der Waals surface area contributed by atoms with Gasteiger partial charge in [0.05, 0.1) is 64.5 Å². The summed E-state index contributed by atoms with van der Waals surface area (Å²) in [5, 5.41) is 13.7. The first-order valence-corrected chi connectivity index (χ1v) is 13.3. The number of nitrogens with one attached hydrogen (secondary N) is 2. The number of hydrogen-bond donors (Lipinski definition) is 3. The minimum Gasteiger partial charge on any atom is -0.481 e. The van der Waals surface area contributed by atoms with E-state index in [-0.39, 0.29) is 48.2 Å². The van der Waals surface area contributed by atoms with Crippen molar-refractivity contribution in [3.63, 3.8) is 0 Å². The molecule has 0 rings (SSSR count). The van der Waals surface area contributed by atoms with E-state index in [1.165, 1.54) is 11.8 Å². The fraction of sp³-hybridized carbons (Fsp3) is 0.833. The summed E-state index contributed by atoms with van der Waals surface area (Å²) in [7, 11) is 0. The third kappa shape index (κ3) is 21.5.